The van der Waals surface area contributed by atoms with Gasteiger partial charge in [0, 0.05) is 0 Å². The predicted molar refractivity (Wildman–Crippen MR) is 117 cm³/mol. The van der Waals surface area contributed by atoms with E-state index in [0.29, 0.717) is 0 Å². The third-order valence-corrected chi connectivity index (χ3v) is 5.37. The molecule has 0 aliphatic carbocycles. The molecular formula is C25H50. The summed E-state index contributed by atoms with van der Waals surface area (Å²) in [6.07, 6.45) is 34.9. The van der Waals surface area contributed by atoms with Gasteiger partial charge in [-0.3, -0.25) is 0 Å². The highest BCUT2D eigenvalue weighted by molar-refractivity contribution is 4.81. The van der Waals surface area contributed by atoms with Gasteiger partial charge in [-0.1, -0.05) is 135 Å². The van der Waals surface area contributed by atoms with Gasteiger partial charge in [-0.05, 0) is 25.7 Å². The fraction of sp³-hybridized carbons (Fsp3) is 0.920. The number of unbranched alkanes of at least 4 members (excludes halogenated alkanes) is 19. The molecule has 0 aliphatic heterocycles. The molecule has 0 rings (SSSR count). The largest absolute Gasteiger partial charge is 0.0885 e. The third-order valence-electron chi connectivity index (χ3n) is 5.37. The Morgan fingerprint density at radius 1 is 0.320 bits per heavy atom. The van der Waals surface area contributed by atoms with Crippen LogP contribution in [0.25, 0.3) is 0 Å². The summed E-state index contributed by atoms with van der Waals surface area (Å²) in [5, 5.41) is 0. The highest BCUT2D eigenvalue weighted by Gasteiger charge is 1.93. The van der Waals surface area contributed by atoms with Crippen LogP contribution in [0.4, 0.5) is 0 Å². The van der Waals surface area contributed by atoms with Gasteiger partial charge in [0.05, 0.1) is 0 Å². The summed E-state index contributed by atoms with van der Waals surface area (Å²) < 4.78 is 0. The zero-order valence-corrected chi connectivity index (χ0v) is 18.0. The van der Waals surface area contributed by atoms with Gasteiger partial charge in [-0.15, -0.1) is 0 Å². The zero-order valence-electron chi connectivity index (χ0n) is 18.0. The SMILES string of the molecule is CCCCCCCCC/C=C\CCCCCCCCCCCCCC. The highest BCUT2D eigenvalue weighted by Crippen LogP contribution is 2.13. The maximum Gasteiger partial charge on any atom is -0.0351 e. The molecule has 25 heavy (non-hydrogen) atoms. The molecule has 0 aromatic heterocycles. The highest BCUT2D eigenvalue weighted by atomic mass is 14.0. The van der Waals surface area contributed by atoms with E-state index in [2.05, 4.69) is 26.0 Å². The Kier molecular flexibility index (Phi) is 23.5. The molecule has 0 unspecified atom stereocenters. The van der Waals surface area contributed by atoms with Crippen LogP contribution in [0, 0.1) is 0 Å². The van der Waals surface area contributed by atoms with Crippen molar-refractivity contribution in [3.63, 3.8) is 0 Å². The molecule has 0 amide bonds. The lowest BCUT2D eigenvalue weighted by Crippen LogP contribution is -1.82. The third kappa shape index (κ3) is 23.7. The van der Waals surface area contributed by atoms with Crippen molar-refractivity contribution in [2.45, 2.75) is 149 Å². The van der Waals surface area contributed by atoms with E-state index in [1.165, 1.54) is 135 Å². The first-order valence-corrected chi connectivity index (χ1v) is 12.1. The molecule has 0 saturated heterocycles. The Hall–Kier alpha value is -0.260. The average Bonchev–Trinajstić information content (AvgIpc) is 2.63. The van der Waals surface area contributed by atoms with Gasteiger partial charge < -0.3 is 0 Å². The first-order valence-electron chi connectivity index (χ1n) is 12.1. The van der Waals surface area contributed by atoms with Gasteiger partial charge in [0.15, 0.2) is 0 Å². The molecule has 0 heteroatoms. The molecule has 0 aromatic carbocycles. The van der Waals surface area contributed by atoms with Crippen molar-refractivity contribution >= 4 is 0 Å². The zero-order chi connectivity index (χ0) is 18.3. The molecule has 0 nitrogen and oxygen atoms in total. The number of hydrogen-bond acceptors (Lipinski definition) is 0. The molecule has 0 heterocycles. The second-order valence-corrected chi connectivity index (χ2v) is 8.06. The summed E-state index contributed by atoms with van der Waals surface area (Å²) in [6.45, 7) is 4.59. The molecule has 0 bridgehead atoms. The maximum atomic E-state index is 2.44. The Morgan fingerprint density at radius 2 is 0.560 bits per heavy atom. The second-order valence-electron chi connectivity index (χ2n) is 8.06. The van der Waals surface area contributed by atoms with E-state index >= 15 is 0 Å². The van der Waals surface area contributed by atoms with Crippen molar-refractivity contribution in [1.82, 2.24) is 0 Å². The molecular weight excluding hydrogens is 300 g/mol. The van der Waals surface area contributed by atoms with E-state index in [0.717, 1.165) is 0 Å². The Bertz CT molecular complexity index is 240. The molecule has 0 saturated carbocycles. The van der Waals surface area contributed by atoms with Crippen LogP contribution in [-0.2, 0) is 0 Å². The van der Waals surface area contributed by atoms with Crippen LogP contribution in [-0.4, -0.2) is 0 Å². The van der Waals surface area contributed by atoms with Crippen molar-refractivity contribution in [2.75, 3.05) is 0 Å². The van der Waals surface area contributed by atoms with E-state index in [1.807, 2.05) is 0 Å². The van der Waals surface area contributed by atoms with Crippen molar-refractivity contribution < 1.29 is 0 Å². The molecule has 0 spiro atoms. The number of hydrogen-bond donors (Lipinski definition) is 0. The normalized spacial score (nSPS) is 11.6. The number of rotatable bonds is 21. The molecule has 0 aromatic rings. The van der Waals surface area contributed by atoms with E-state index in [1.54, 1.807) is 0 Å². The van der Waals surface area contributed by atoms with Crippen LogP contribution in [0.1, 0.15) is 149 Å². The monoisotopic (exact) mass is 350 g/mol. The van der Waals surface area contributed by atoms with Crippen LogP contribution < -0.4 is 0 Å². The first-order chi connectivity index (χ1) is 12.4. The van der Waals surface area contributed by atoms with E-state index in [9.17, 15) is 0 Å². The van der Waals surface area contributed by atoms with Gasteiger partial charge in [0.1, 0.15) is 0 Å². The second kappa shape index (κ2) is 23.7. The van der Waals surface area contributed by atoms with Gasteiger partial charge in [-0.2, -0.15) is 0 Å². The lowest BCUT2D eigenvalue weighted by Gasteiger charge is -2.02. The van der Waals surface area contributed by atoms with Crippen molar-refractivity contribution in [3.8, 4) is 0 Å². The van der Waals surface area contributed by atoms with Gasteiger partial charge in [0.25, 0.3) is 0 Å². The van der Waals surface area contributed by atoms with Crippen LogP contribution in [0.2, 0.25) is 0 Å². The smallest absolute Gasteiger partial charge is 0.0351 e. The lowest BCUT2D eigenvalue weighted by atomic mass is 10.0. The van der Waals surface area contributed by atoms with Gasteiger partial charge in [-0.25, -0.2) is 0 Å². The molecule has 0 fully saturated rings. The van der Waals surface area contributed by atoms with Crippen molar-refractivity contribution in [1.29, 1.82) is 0 Å². The standard InChI is InChI=1S/C25H50/c1-3-5-7-9-11-13-15-17-19-21-23-25-24-22-20-18-16-14-12-10-8-6-4-2/h19,21H,3-18,20,22-25H2,1-2H3/b21-19-. The Morgan fingerprint density at radius 3 is 0.840 bits per heavy atom. The summed E-state index contributed by atoms with van der Waals surface area (Å²) >= 11 is 0. The molecule has 0 radical (unpaired) electrons. The Labute approximate surface area is 161 Å². The maximum absolute atomic E-state index is 2.44. The minimum Gasteiger partial charge on any atom is -0.0885 e. The lowest BCUT2D eigenvalue weighted by molar-refractivity contribution is 0.545. The average molecular weight is 351 g/mol. The van der Waals surface area contributed by atoms with Crippen LogP contribution >= 0.6 is 0 Å². The quantitative estimate of drug-likeness (QED) is 0.143. The molecule has 150 valence electrons. The molecule has 0 N–H and O–H groups in total. The van der Waals surface area contributed by atoms with Crippen LogP contribution in [0.3, 0.4) is 0 Å². The fourth-order valence-electron chi connectivity index (χ4n) is 3.56. The number of allylic oxidation sites excluding steroid dienone is 2. The van der Waals surface area contributed by atoms with Gasteiger partial charge in [0.2, 0.25) is 0 Å². The van der Waals surface area contributed by atoms with E-state index in [-0.39, 0.29) is 0 Å². The Balaban J connectivity index is 3.03. The van der Waals surface area contributed by atoms with Crippen LogP contribution in [0.5, 0.6) is 0 Å². The predicted octanol–water partition coefficient (Wildman–Crippen LogP) is 9.77. The van der Waals surface area contributed by atoms with Gasteiger partial charge >= 0.3 is 0 Å². The summed E-state index contributed by atoms with van der Waals surface area (Å²) in [5.74, 6) is 0. The molecule has 0 aliphatic rings. The fourth-order valence-corrected chi connectivity index (χ4v) is 3.56. The van der Waals surface area contributed by atoms with Crippen LogP contribution in [0.15, 0.2) is 12.2 Å². The summed E-state index contributed by atoms with van der Waals surface area (Å²) in [6, 6.07) is 0. The van der Waals surface area contributed by atoms with Crippen molar-refractivity contribution in [2.24, 2.45) is 0 Å². The van der Waals surface area contributed by atoms with E-state index < -0.39 is 0 Å². The first kappa shape index (κ1) is 24.7. The summed E-state index contributed by atoms with van der Waals surface area (Å²) in [7, 11) is 0. The minimum atomic E-state index is 1.31. The molecule has 0 atom stereocenters. The van der Waals surface area contributed by atoms with E-state index in [4.69, 9.17) is 0 Å². The topological polar surface area (TPSA) is 0 Å². The minimum absolute atomic E-state index is 1.31. The van der Waals surface area contributed by atoms with Crippen molar-refractivity contribution in [3.05, 3.63) is 12.2 Å². The summed E-state index contributed by atoms with van der Waals surface area (Å²) in [4.78, 5) is 0. The summed E-state index contributed by atoms with van der Waals surface area (Å²) in [5.41, 5.74) is 0.